The van der Waals surface area contributed by atoms with Crippen molar-refractivity contribution in [2.45, 2.75) is 58.2 Å². The van der Waals surface area contributed by atoms with Gasteiger partial charge < -0.3 is 15.2 Å². The maximum Gasteiger partial charge on any atom is 0.126 e. The average molecular weight is 342 g/mol. The fourth-order valence-corrected chi connectivity index (χ4v) is 2.63. The summed E-state index contributed by atoms with van der Waals surface area (Å²) < 4.78 is 6.99. The number of aliphatic hydroxyl groups is 1. The standard InChI is InChI=1S/C16H24BrNO2/c1-4-16(3,19)10-20-15-11(2)7-13(17)8-12(15)9-18-14-5-6-14/h7-8,14,18-19H,4-6,9-10H2,1-3H3. The molecule has 1 aromatic carbocycles. The van der Waals surface area contributed by atoms with Crippen LogP contribution in [-0.4, -0.2) is 23.4 Å². The summed E-state index contributed by atoms with van der Waals surface area (Å²) >= 11 is 3.54. The zero-order valence-electron chi connectivity index (χ0n) is 12.5. The number of hydrogen-bond acceptors (Lipinski definition) is 3. The Morgan fingerprint density at radius 2 is 2.15 bits per heavy atom. The maximum absolute atomic E-state index is 10.1. The number of rotatable bonds is 7. The second-order valence-electron chi connectivity index (χ2n) is 6.01. The lowest BCUT2D eigenvalue weighted by atomic mass is 10.1. The third kappa shape index (κ3) is 4.47. The van der Waals surface area contributed by atoms with Crippen LogP contribution in [-0.2, 0) is 6.54 Å². The molecule has 1 atom stereocenters. The van der Waals surface area contributed by atoms with Crippen LogP contribution in [0.3, 0.4) is 0 Å². The molecule has 1 saturated carbocycles. The third-order valence-electron chi connectivity index (χ3n) is 3.76. The van der Waals surface area contributed by atoms with Crippen LogP contribution >= 0.6 is 15.9 Å². The Kier molecular flexibility index (Phi) is 5.10. The van der Waals surface area contributed by atoms with Crippen molar-refractivity contribution in [2.24, 2.45) is 0 Å². The SMILES string of the molecule is CCC(C)(O)COc1c(C)cc(Br)cc1CNC1CC1. The summed E-state index contributed by atoms with van der Waals surface area (Å²) in [6.07, 6.45) is 3.22. The maximum atomic E-state index is 10.1. The first-order valence-electron chi connectivity index (χ1n) is 7.29. The van der Waals surface area contributed by atoms with Gasteiger partial charge in [-0.25, -0.2) is 0 Å². The summed E-state index contributed by atoms with van der Waals surface area (Å²) in [5.74, 6) is 0.898. The monoisotopic (exact) mass is 341 g/mol. The second kappa shape index (κ2) is 6.46. The van der Waals surface area contributed by atoms with Gasteiger partial charge in [0.25, 0.3) is 0 Å². The van der Waals surface area contributed by atoms with E-state index in [4.69, 9.17) is 4.74 Å². The van der Waals surface area contributed by atoms with E-state index in [1.807, 2.05) is 20.8 Å². The zero-order chi connectivity index (χ0) is 14.8. The van der Waals surface area contributed by atoms with E-state index in [1.54, 1.807) is 0 Å². The third-order valence-corrected chi connectivity index (χ3v) is 4.22. The van der Waals surface area contributed by atoms with E-state index in [9.17, 15) is 5.11 Å². The number of hydrogen-bond donors (Lipinski definition) is 2. The Morgan fingerprint density at radius 1 is 1.45 bits per heavy atom. The van der Waals surface area contributed by atoms with Gasteiger partial charge >= 0.3 is 0 Å². The highest BCUT2D eigenvalue weighted by atomic mass is 79.9. The lowest BCUT2D eigenvalue weighted by Gasteiger charge is -2.23. The number of aryl methyl sites for hydroxylation is 1. The van der Waals surface area contributed by atoms with Gasteiger partial charge in [-0.05, 0) is 50.8 Å². The van der Waals surface area contributed by atoms with E-state index in [0.717, 1.165) is 27.9 Å². The molecule has 112 valence electrons. The molecular weight excluding hydrogens is 318 g/mol. The highest BCUT2D eigenvalue weighted by Gasteiger charge is 2.23. The van der Waals surface area contributed by atoms with Gasteiger partial charge in [-0.15, -0.1) is 0 Å². The fourth-order valence-electron chi connectivity index (χ4n) is 2.01. The lowest BCUT2D eigenvalue weighted by molar-refractivity contribution is 0.00795. The van der Waals surface area contributed by atoms with Gasteiger partial charge in [-0.1, -0.05) is 22.9 Å². The van der Waals surface area contributed by atoms with E-state index < -0.39 is 5.60 Å². The average Bonchev–Trinajstić information content (AvgIpc) is 3.19. The molecule has 20 heavy (non-hydrogen) atoms. The Bertz CT molecular complexity index is 470. The van der Waals surface area contributed by atoms with E-state index in [0.29, 0.717) is 19.1 Å². The summed E-state index contributed by atoms with van der Waals surface area (Å²) in [6, 6.07) is 4.82. The van der Waals surface area contributed by atoms with Gasteiger partial charge in [0.05, 0.1) is 5.60 Å². The molecule has 1 unspecified atom stereocenters. The van der Waals surface area contributed by atoms with Gasteiger partial charge in [0.15, 0.2) is 0 Å². The van der Waals surface area contributed by atoms with Crippen molar-refractivity contribution in [3.05, 3.63) is 27.7 Å². The molecule has 0 heterocycles. The Morgan fingerprint density at radius 3 is 2.75 bits per heavy atom. The van der Waals surface area contributed by atoms with Crippen molar-refractivity contribution in [2.75, 3.05) is 6.61 Å². The molecule has 0 radical (unpaired) electrons. The predicted octanol–water partition coefficient (Wildman–Crippen LogP) is 3.55. The van der Waals surface area contributed by atoms with Crippen LogP contribution in [0.5, 0.6) is 5.75 Å². The number of benzene rings is 1. The molecule has 0 aromatic heterocycles. The largest absolute Gasteiger partial charge is 0.490 e. The summed E-state index contributed by atoms with van der Waals surface area (Å²) in [7, 11) is 0. The van der Waals surface area contributed by atoms with E-state index in [1.165, 1.54) is 12.8 Å². The normalized spacial score (nSPS) is 17.9. The molecule has 1 fully saturated rings. The minimum absolute atomic E-state index is 0.322. The molecule has 2 N–H and O–H groups in total. The molecular formula is C16H24BrNO2. The number of nitrogens with one attached hydrogen (secondary N) is 1. The Balaban J connectivity index is 2.11. The molecule has 0 saturated heterocycles. The van der Waals surface area contributed by atoms with Gasteiger partial charge in [0, 0.05) is 22.6 Å². The molecule has 0 spiro atoms. The van der Waals surface area contributed by atoms with Crippen LogP contribution in [0.25, 0.3) is 0 Å². The van der Waals surface area contributed by atoms with Crippen molar-refractivity contribution in [3.8, 4) is 5.75 Å². The first kappa shape index (κ1) is 15.8. The molecule has 0 bridgehead atoms. The Hall–Kier alpha value is -0.580. The van der Waals surface area contributed by atoms with E-state index in [-0.39, 0.29) is 0 Å². The van der Waals surface area contributed by atoms with Crippen molar-refractivity contribution >= 4 is 15.9 Å². The molecule has 1 aromatic rings. The molecule has 3 nitrogen and oxygen atoms in total. The minimum Gasteiger partial charge on any atom is -0.490 e. The van der Waals surface area contributed by atoms with Gasteiger partial charge in [-0.2, -0.15) is 0 Å². The topological polar surface area (TPSA) is 41.5 Å². The first-order chi connectivity index (χ1) is 9.41. The van der Waals surface area contributed by atoms with Crippen LogP contribution < -0.4 is 10.1 Å². The van der Waals surface area contributed by atoms with Gasteiger partial charge in [-0.3, -0.25) is 0 Å². The molecule has 4 heteroatoms. The lowest BCUT2D eigenvalue weighted by Crippen LogP contribution is -2.31. The molecule has 1 aliphatic rings. The Labute approximate surface area is 129 Å². The van der Waals surface area contributed by atoms with Crippen LogP contribution in [0, 0.1) is 6.92 Å². The number of halogens is 1. The molecule has 0 amide bonds. The van der Waals surface area contributed by atoms with Crippen molar-refractivity contribution in [1.29, 1.82) is 0 Å². The van der Waals surface area contributed by atoms with Gasteiger partial charge in [0.2, 0.25) is 0 Å². The van der Waals surface area contributed by atoms with Gasteiger partial charge in [0.1, 0.15) is 12.4 Å². The van der Waals surface area contributed by atoms with Crippen LogP contribution in [0.1, 0.15) is 44.2 Å². The van der Waals surface area contributed by atoms with Crippen LogP contribution in [0.4, 0.5) is 0 Å². The van der Waals surface area contributed by atoms with E-state index in [2.05, 4.69) is 33.4 Å². The quantitative estimate of drug-likeness (QED) is 0.796. The van der Waals surface area contributed by atoms with Crippen LogP contribution in [0.15, 0.2) is 16.6 Å². The van der Waals surface area contributed by atoms with Crippen molar-refractivity contribution in [1.82, 2.24) is 5.32 Å². The summed E-state index contributed by atoms with van der Waals surface area (Å²) in [6.45, 7) is 6.95. The van der Waals surface area contributed by atoms with Crippen molar-refractivity contribution < 1.29 is 9.84 Å². The summed E-state index contributed by atoms with van der Waals surface area (Å²) in [5.41, 5.74) is 1.47. The first-order valence-corrected chi connectivity index (χ1v) is 8.08. The highest BCUT2D eigenvalue weighted by Crippen LogP contribution is 2.30. The van der Waals surface area contributed by atoms with Crippen LogP contribution in [0.2, 0.25) is 0 Å². The zero-order valence-corrected chi connectivity index (χ0v) is 14.1. The summed E-state index contributed by atoms with van der Waals surface area (Å²) in [5, 5.41) is 13.6. The summed E-state index contributed by atoms with van der Waals surface area (Å²) in [4.78, 5) is 0. The minimum atomic E-state index is -0.777. The molecule has 0 aliphatic heterocycles. The van der Waals surface area contributed by atoms with E-state index >= 15 is 0 Å². The smallest absolute Gasteiger partial charge is 0.126 e. The van der Waals surface area contributed by atoms with Crippen molar-refractivity contribution in [3.63, 3.8) is 0 Å². The number of ether oxygens (including phenoxy) is 1. The second-order valence-corrected chi connectivity index (χ2v) is 6.92. The highest BCUT2D eigenvalue weighted by molar-refractivity contribution is 9.10. The molecule has 2 rings (SSSR count). The fraction of sp³-hybridized carbons (Fsp3) is 0.625. The predicted molar refractivity (Wildman–Crippen MR) is 85.2 cm³/mol. The molecule has 1 aliphatic carbocycles.